The molecule has 1 saturated carbocycles. The minimum absolute atomic E-state index is 0.0284. The number of benzene rings is 1. The second-order valence-electron chi connectivity index (χ2n) is 4.63. The Morgan fingerprint density at radius 2 is 2.00 bits per heavy atom. The van der Waals surface area contributed by atoms with Gasteiger partial charge in [0.2, 0.25) is 0 Å². The lowest BCUT2D eigenvalue weighted by atomic mass is 9.91. The summed E-state index contributed by atoms with van der Waals surface area (Å²) in [6, 6.07) is 6.20. The maximum absolute atomic E-state index is 12.9. The molecule has 2 nitrogen and oxygen atoms in total. The van der Waals surface area contributed by atoms with Gasteiger partial charge in [0, 0.05) is 23.5 Å². The highest BCUT2D eigenvalue weighted by molar-refractivity contribution is 9.09. The molecule has 98 valence electrons. The van der Waals surface area contributed by atoms with E-state index in [-0.39, 0.29) is 11.7 Å². The van der Waals surface area contributed by atoms with Gasteiger partial charge in [-0.05, 0) is 49.9 Å². The molecule has 1 fully saturated rings. The summed E-state index contributed by atoms with van der Waals surface area (Å²) in [5.41, 5.74) is 0.581. The van der Waals surface area contributed by atoms with Gasteiger partial charge >= 0.3 is 0 Å². The Morgan fingerprint density at radius 1 is 1.33 bits per heavy atom. The highest BCUT2D eigenvalue weighted by Gasteiger charge is 2.28. The first-order chi connectivity index (χ1) is 8.72. The van der Waals surface area contributed by atoms with Gasteiger partial charge in [0.25, 0.3) is 5.91 Å². The number of amides is 1. The minimum Gasteiger partial charge on any atom is -0.336 e. The van der Waals surface area contributed by atoms with Crippen molar-refractivity contribution in [1.82, 2.24) is 4.90 Å². The molecule has 0 heterocycles. The van der Waals surface area contributed by atoms with Crippen molar-refractivity contribution in [1.29, 1.82) is 0 Å². The monoisotopic (exact) mass is 313 g/mol. The Labute approximate surface area is 115 Å². The third kappa shape index (κ3) is 3.10. The fraction of sp³-hybridized carbons (Fsp3) is 0.500. The number of hydrogen-bond acceptors (Lipinski definition) is 1. The number of halogens is 2. The van der Waals surface area contributed by atoms with Crippen LogP contribution >= 0.6 is 15.9 Å². The molecule has 0 bridgehead atoms. The lowest BCUT2D eigenvalue weighted by molar-refractivity contribution is 0.0581. The largest absolute Gasteiger partial charge is 0.336 e. The molecular weight excluding hydrogens is 297 g/mol. The zero-order chi connectivity index (χ0) is 13.0. The average Bonchev–Trinajstić information content (AvgIpc) is 2.32. The van der Waals surface area contributed by atoms with Gasteiger partial charge in [-0.25, -0.2) is 4.39 Å². The Morgan fingerprint density at radius 3 is 2.50 bits per heavy atom. The highest BCUT2D eigenvalue weighted by atomic mass is 79.9. The van der Waals surface area contributed by atoms with E-state index >= 15 is 0 Å². The number of nitrogens with zero attached hydrogens (tertiary/aromatic N) is 1. The van der Waals surface area contributed by atoms with Crippen LogP contribution in [0.3, 0.4) is 0 Å². The summed E-state index contributed by atoms with van der Waals surface area (Å²) < 4.78 is 12.9. The molecule has 0 unspecified atom stereocenters. The number of rotatable bonds is 5. The lowest BCUT2D eigenvalue weighted by Gasteiger charge is -2.37. The molecular formula is C14H17BrFNO. The van der Waals surface area contributed by atoms with Gasteiger partial charge in [-0.3, -0.25) is 4.79 Å². The van der Waals surface area contributed by atoms with E-state index in [4.69, 9.17) is 0 Å². The fourth-order valence-electron chi connectivity index (χ4n) is 2.14. The highest BCUT2D eigenvalue weighted by Crippen LogP contribution is 2.26. The van der Waals surface area contributed by atoms with Gasteiger partial charge in [-0.2, -0.15) is 0 Å². The molecule has 0 N–H and O–H groups in total. The standard InChI is InChI=1S/C14H17BrFNO/c15-9-2-10-17(13-3-1-4-13)14(18)11-5-7-12(16)8-6-11/h5-8,13H,1-4,9-10H2. The Kier molecular flexibility index (Phi) is 4.75. The van der Waals surface area contributed by atoms with Crippen LogP contribution in [-0.2, 0) is 0 Å². The van der Waals surface area contributed by atoms with Crippen LogP contribution in [0.15, 0.2) is 24.3 Å². The van der Waals surface area contributed by atoms with Gasteiger partial charge in [0.05, 0.1) is 0 Å². The molecule has 1 aliphatic rings. The topological polar surface area (TPSA) is 20.3 Å². The summed E-state index contributed by atoms with van der Waals surface area (Å²) in [7, 11) is 0. The summed E-state index contributed by atoms with van der Waals surface area (Å²) in [4.78, 5) is 14.3. The Bertz CT molecular complexity index is 403. The third-order valence-electron chi connectivity index (χ3n) is 3.40. The van der Waals surface area contributed by atoms with Gasteiger partial charge in [0.1, 0.15) is 5.82 Å². The maximum Gasteiger partial charge on any atom is 0.254 e. The molecule has 2 rings (SSSR count). The number of carbonyl (C=O) groups excluding carboxylic acids is 1. The third-order valence-corrected chi connectivity index (χ3v) is 3.96. The zero-order valence-corrected chi connectivity index (χ0v) is 11.8. The van der Waals surface area contributed by atoms with Gasteiger partial charge in [0.15, 0.2) is 0 Å². The smallest absolute Gasteiger partial charge is 0.254 e. The summed E-state index contributed by atoms with van der Waals surface area (Å²) in [5, 5.41) is 0.896. The van der Waals surface area contributed by atoms with Gasteiger partial charge in [-0.1, -0.05) is 15.9 Å². The maximum atomic E-state index is 12.9. The van der Waals surface area contributed by atoms with E-state index in [0.29, 0.717) is 11.6 Å². The molecule has 1 aromatic carbocycles. The molecule has 1 amide bonds. The van der Waals surface area contributed by atoms with Crippen molar-refractivity contribution in [2.24, 2.45) is 0 Å². The molecule has 1 aliphatic carbocycles. The van der Waals surface area contributed by atoms with Crippen LogP contribution < -0.4 is 0 Å². The van der Waals surface area contributed by atoms with Crippen LogP contribution in [0.5, 0.6) is 0 Å². The average molecular weight is 314 g/mol. The Balaban J connectivity index is 2.08. The molecule has 0 aromatic heterocycles. The fourth-order valence-corrected chi connectivity index (χ4v) is 2.39. The first-order valence-corrected chi connectivity index (χ1v) is 7.47. The molecule has 1 aromatic rings. The summed E-state index contributed by atoms with van der Waals surface area (Å²) in [6.45, 7) is 0.770. The van der Waals surface area contributed by atoms with E-state index in [1.54, 1.807) is 12.1 Å². The zero-order valence-electron chi connectivity index (χ0n) is 10.2. The van der Waals surface area contributed by atoms with E-state index < -0.39 is 0 Å². The van der Waals surface area contributed by atoms with Crippen molar-refractivity contribution in [2.45, 2.75) is 31.7 Å². The van der Waals surface area contributed by atoms with Crippen molar-refractivity contribution < 1.29 is 9.18 Å². The van der Waals surface area contributed by atoms with Gasteiger partial charge < -0.3 is 4.90 Å². The minimum atomic E-state index is -0.304. The number of carbonyl (C=O) groups is 1. The van der Waals surface area contributed by atoms with Gasteiger partial charge in [-0.15, -0.1) is 0 Å². The first kappa shape index (κ1) is 13.5. The predicted molar refractivity (Wildman–Crippen MR) is 73.5 cm³/mol. The molecule has 0 saturated heterocycles. The number of alkyl halides is 1. The summed E-state index contributed by atoms with van der Waals surface area (Å²) in [6.07, 6.45) is 4.33. The van der Waals surface area contributed by atoms with Crippen LogP contribution in [-0.4, -0.2) is 28.7 Å². The van der Waals surface area contributed by atoms with E-state index in [0.717, 1.165) is 31.1 Å². The van der Waals surface area contributed by atoms with Crippen LogP contribution in [0.25, 0.3) is 0 Å². The summed E-state index contributed by atoms with van der Waals surface area (Å²) >= 11 is 3.39. The second kappa shape index (κ2) is 6.32. The molecule has 0 atom stereocenters. The van der Waals surface area contributed by atoms with Crippen LogP contribution in [0.2, 0.25) is 0 Å². The van der Waals surface area contributed by atoms with E-state index in [9.17, 15) is 9.18 Å². The van der Waals surface area contributed by atoms with Crippen molar-refractivity contribution in [3.63, 3.8) is 0 Å². The van der Waals surface area contributed by atoms with Crippen LogP contribution in [0.1, 0.15) is 36.0 Å². The van der Waals surface area contributed by atoms with Crippen LogP contribution in [0, 0.1) is 5.82 Å². The summed E-state index contributed by atoms with van der Waals surface area (Å²) in [5.74, 6) is -0.275. The van der Waals surface area contributed by atoms with Crippen LogP contribution in [0.4, 0.5) is 4.39 Å². The van der Waals surface area contributed by atoms with Crippen molar-refractivity contribution in [3.8, 4) is 0 Å². The van der Waals surface area contributed by atoms with E-state index in [1.807, 2.05) is 4.90 Å². The molecule has 4 heteroatoms. The van der Waals surface area contributed by atoms with Crippen molar-refractivity contribution in [2.75, 3.05) is 11.9 Å². The first-order valence-electron chi connectivity index (χ1n) is 6.35. The molecule has 0 aliphatic heterocycles. The van der Waals surface area contributed by atoms with Crippen molar-refractivity contribution >= 4 is 21.8 Å². The second-order valence-corrected chi connectivity index (χ2v) is 5.43. The SMILES string of the molecule is O=C(c1ccc(F)cc1)N(CCCBr)C1CCC1. The molecule has 18 heavy (non-hydrogen) atoms. The molecule has 0 spiro atoms. The molecule has 0 radical (unpaired) electrons. The predicted octanol–water partition coefficient (Wildman–Crippen LogP) is 3.61. The number of hydrogen-bond donors (Lipinski definition) is 0. The quantitative estimate of drug-likeness (QED) is 0.760. The van der Waals surface area contributed by atoms with E-state index in [2.05, 4.69) is 15.9 Å². The Hall–Kier alpha value is -0.900. The lowest BCUT2D eigenvalue weighted by Crippen LogP contribution is -2.44. The normalized spacial score (nSPS) is 15.2. The van der Waals surface area contributed by atoms with E-state index in [1.165, 1.54) is 18.6 Å². The van der Waals surface area contributed by atoms with Crippen molar-refractivity contribution in [3.05, 3.63) is 35.6 Å².